The molecule has 0 saturated carbocycles. The predicted molar refractivity (Wildman–Crippen MR) is 63.4 cm³/mol. The van der Waals surface area contributed by atoms with Crippen LogP contribution in [-0.2, 0) is 4.79 Å². The van der Waals surface area contributed by atoms with Crippen LogP contribution < -0.4 is 11.1 Å². The van der Waals surface area contributed by atoms with Crippen molar-refractivity contribution in [3.63, 3.8) is 0 Å². The zero-order valence-corrected chi connectivity index (χ0v) is 10.4. The molecule has 0 spiro atoms. The van der Waals surface area contributed by atoms with Gasteiger partial charge in [0.15, 0.2) is 0 Å². The fraction of sp³-hybridized carbons (Fsp3) is 0.900. The van der Waals surface area contributed by atoms with Crippen molar-refractivity contribution >= 4 is 17.7 Å². The van der Waals surface area contributed by atoms with E-state index < -0.39 is 5.41 Å². The van der Waals surface area contributed by atoms with Gasteiger partial charge in [-0.1, -0.05) is 0 Å². The Bertz CT molecular complexity index is 183. The van der Waals surface area contributed by atoms with E-state index in [-0.39, 0.29) is 11.9 Å². The smallest absolute Gasteiger partial charge is 0.227 e. The second-order valence-electron chi connectivity index (χ2n) is 4.24. The molecule has 1 unspecified atom stereocenters. The molecule has 0 aliphatic rings. The Labute approximate surface area is 91.2 Å². The quantitative estimate of drug-likeness (QED) is 0.705. The molecule has 0 aromatic carbocycles. The predicted octanol–water partition coefficient (Wildman–Crippen LogP) is 1.23. The van der Waals surface area contributed by atoms with Crippen molar-refractivity contribution in [2.75, 3.05) is 18.6 Å². The summed E-state index contributed by atoms with van der Waals surface area (Å²) in [5.74, 6) is 1.12. The molecule has 0 rings (SSSR count). The van der Waals surface area contributed by atoms with Crippen LogP contribution in [-0.4, -0.2) is 30.5 Å². The van der Waals surface area contributed by atoms with Gasteiger partial charge < -0.3 is 11.1 Å². The molecule has 0 fully saturated rings. The van der Waals surface area contributed by atoms with Crippen molar-refractivity contribution in [1.82, 2.24) is 5.32 Å². The van der Waals surface area contributed by atoms with Crippen LogP contribution in [0.3, 0.4) is 0 Å². The average Bonchev–Trinajstić information content (AvgIpc) is 2.14. The molecule has 1 atom stereocenters. The number of thioether (sulfide) groups is 1. The van der Waals surface area contributed by atoms with Gasteiger partial charge in [-0.2, -0.15) is 11.8 Å². The highest BCUT2D eigenvalue weighted by Crippen LogP contribution is 2.13. The summed E-state index contributed by atoms with van der Waals surface area (Å²) in [6.45, 7) is 6.14. The van der Waals surface area contributed by atoms with Crippen LogP contribution in [0.15, 0.2) is 0 Å². The van der Waals surface area contributed by atoms with Crippen molar-refractivity contribution in [3.8, 4) is 0 Å². The molecule has 0 aliphatic carbocycles. The van der Waals surface area contributed by atoms with E-state index in [2.05, 4.69) is 11.6 Å². The van der Waals surface area contributed by atoms with Gasteiger partial charge in [0.25, 0.3) is 0 Å². The third-order valence-corrected chi connectivity index (χ3v) is 2.90. The standard InChI is InChI=1S/C10H22N2OS/c1-8(5-6-14-4)12-9(13)10(2,3)7-11/h8H,5-7,11H2,1-4H3,(H,12,13). The van der Waals surface area contributed by atoms with Crippen LogP contribution in [0.4, 0.5) is 0 Å². The summed E-state index contributed by atoms with van der Waals surface area (Å²) >= 11 is 1.79. The van der Waals surface area contributed by atoms with Gasteiger partial charge in [0, 0.05) is 12.6 Å². The molecule has 0 heterocycles. The SMILES string of the molecule is CSCCC(C)NC(=O)C(C)(C)CN. The summed E-state index contributed by atoms with van der Waals surface area (Å²) in [6.07, 6.45) is 3.08. The maximum atomic E-state index is 11.7. The van der Waals surface area contributed by atoms with Crippen molar-refractivity contribution < 1.29 is 4.79 Å². The minimum absolute atomic E-state index is 0.0496. The number of carbonyl (C=O) groups excluding carboxylic acids is 1. The van der Waals surface area contributed by atoms with Gasteiger partial charge in [-0.25, -0.2) is 0 Å². The van der Waals surface area contributed by atoms with Gasteiger partial charge in [-0.3, -0.25) is 4.79 Å². The average molecular weight is 218 g/mol. The lowest BCUT2D eigenvalue weighted by Crippen LogP contribution is -2.45. The van der Waals surface area contributed by atoms with Crippen LogP contribution in [0, 0.1) is 5.41 Å². The van der Waals surface area contributed by atoms with Gasteiger partial charge in [0.1, 0.15) is 0 Å². The number of nitrogens with two attached hydrogens (primary N) is 1. The maximum absolute atomic E-state index is 11.7. The van der Waals surface area contributed by atoms with Gasteiger partial charge in [-0.05, 0) is 39.2 Å². The first-order chi connectivity index (χ1) is 6.44. The van der Waals surface area contributed by atoms with E-state index in [0.29, 0.717) is 6.54 Å². The third-order valence-electron chi connectivity index (χ3n) is 2.26. The summed E-state index contributed by atoms with van der Waals surface area (Å²) < 4.78 is 0. The van der Waals surface area contributed by atoms with Crippen molar-refractivity contribution in [3.05, 3.63) is 0 Å². The normalized spacial score (nSPS) is 13.8. The highest BCUT2D eigenvalue weighted by Gasteiger charge is 2.26. The minimum Gasteiger partial charge on any atom is -0.353 e. The molecule has 0 aliphatic heterocycles. The second-order valence-corrected chi connectivity index (χ2v) is 5.23. The highest BCUT2D eigenvalue weighted by atomic mass is 32.2. The van der Waals surface area contributed by atoms with Gasteiger partial charge in [0.05, 0.1) is 5.41 Å². The number of hydrogen-bond donors (Lipinski definition) is 2. The Morgan fingerprint density at radius 2 is 2.14 bits per heavy atom. The first kappa shape index (κ1) is 13.8. The van der Waals surface area contributed by atoms with Crippen LogP contribution in [0.25, 0.3) is 0 Å². The molecule has 84 valence electrons. The first-order valence-electron chi connectivity index (χ1n) is 4.94. The fourth-order valence-corrected chi connectivity index (χ4v) is 1.47. The lowest BCUT2D eigenvalue weighted by molar-refractivity contribution is -0.129. The number of rotatable bonds is 6. The van der Waals surface area contributed by atoms with Gasteiger partial charge >= 0.3 is 0 Å². The van der Waals surface area contributed by atoms with Crippen LogP contribution >= 0.6 is 11.8 Å². The molecule has 3 nitrogen and oxygen atoms in total. The number of amides is 1. The highest BCUT2D eigenvalue weighted by molar-refractivity contribution is 7.98. The number of carbonyl (C=O) groups is 1. The Hall–Kier alpha value is -0.220. The summed E-state index contributed by atoms with van der Waals surface area (Å²) in [4.78, 5) is 11.7. The largest absolute Gasteiger partial charge is 0.353 e. The van der Waals surface area contributed by atoms with Gasteiger partial charge in [0.2, 0.25) is 5.91 Å². The molecule has 14 heavy (non-hydrogen) atoms. The summed E-state index contributed by atoms with van der Waals surface area (Å²) in [5.41, 5.74) is 5.07. The zero-order valence-electron chi connectivity index (χ0n) is 9.59. The van der Waals surface area contributed by atoms with Crippen LogP contribution in [0.1, 0.15) is 27.2 Å². The van der Waals surface area contributed by atoms with Crippen molar-refractivity contribution in [2.45, 2.75) is 33.2 Å². The van der Waals surface area contributed by atoms with E-state index in [1.165, 1.54) is 0 Å². The van der Waals surface area contributed by atoms with E-state index in [4.69, 9.17) is 5.73 Å². The molecule has 0 aromatic rings. The molecule has 0 aromatic heterocycles. The van der Waals surface area contributed by atoms with Gasteiger partial charge in [-0.15, -0.1) is 0 Å². The summed E-state index contributed by atoms with van der Waals surface area (Å²) in [5, 5.41) is 2.97. The van der Waals surface area contributed by atoms with E-state index in [1.54, 1.807) is 11.8 Å². The lowest BCUT2D eigenvalue weighted by atomic mass is 9.92. The molecule has 4 heteroatoms. The summed E-state index contributed by atoms with van der Waals surface area (Å²) in [6, 6.07) is 0.237. The maximum Gasteiger partial charge on any atom is 0.227 e. The molecule has 0 saturated heterocycles. The molecule has 0 bridgehead atoms. The Morgan fingerprint density at radius 3 is 2.57 bits per heavy atom. The van der Waals surface area contributed by atoms with Crippen LogP contribution in [0.2, 0.25) is 0 Å². The number of nitrogens with one attached hydrogen (secondary N) is 1. The molecule has 3 N–H and O–H groups in total. The van der Waals surface area contributed by atoms with Crippen molar-refractivity contribution in [2.24, 2.45) is 11.1 Å². The summed E-state index contributed by atoms with van der Waals surface area (Å²) in [7, 11) is 0. The molecule has 0 radical (unpaired) electrons. The van der Waals surface area contributed by atoms with E-state index >= 15 is 0 Å². The number of hydrogen-bond acceptors (Lipinski definition) is 3. The van der Waals surface area contributed by atoms with Crippen LogP contribution in [0.5, 0.6) is 0 Å². The Kier molecular flexibility index (Phi) is 6.20. The lowest BCUT2D eigenvalue weighted by Gasteiger charge is -2.24. The van der Waals surface area contributed by atoms with E-state index in [0.717, 1.165) is 12.2 Å². The molecular weight excluding hydrogens is 196 g/mol. The van der Waals surface area contributed by atoms with E-state index in [9.17, 15) is 4.79 Å². The van der Waals surface area contributed by atoms with Crippen molar-refractivity contribution in [1.29, 1.82) is 0 Å². The zero-order chi connectivity index (χ0) is 11.2. The third kappa shape index (κ3) is 4.86. The monoisotopic (exact) mass is 218 g/mol. The van der Waals surface area contributed by atoms with E-state index in [1.807, 2.05) is 20.8 Å². The minimum atomic E-state index is -0.451. The Balaban J connectivity index is 3.93. The second kappa shape index (κ2) is 6.30. The molecule has 1 amide bonds. The topological polar surface area (TPSA) is 55.1 Å². The fourth-order valence-electron chi connectivity index (χ4n) is 0.879. The molecular formula is C10H22N2OS. The Morgan fingerprint density at radius 1 is 1.57 bits per heavy atom. The first-order valence-corrected chi connectivity index (χ1v) is 6.33.